The van der Waals surface area contributed by atoms with Crippen LogP contribution in [0.3, 0.4) is 0 Å². The van der Waals surface area contributed by atoms with E-state index in [9.17, 15) is 0 Å². The van der Waals surface area contributed by atoms with Crippen LogP contribution < -0.4 is 0 Å². The second kappa shape index (κ2) is 6.46. The third-order valence-electron chi connectivity index (χ3n) is 1.95. The van der Waals surface area contributed by atoms with E-state index in [0.717, 1.165) is 24.6 Å². The quantitative estimate of drug-likeness (QED) is 0.374. The Bertz CT molecular complexity index is 164. The molecule has 0 aromatic carbocycles. The molecule has 0 spiro atoms. The van der Waals surface area contributed by atoms with Crippen LogP contribution in [0.2, 0.25) is 12.6 Å². The topological polar surface area (TPSA) is 18.5 Å². The monoisotopic (exact) mass is 222 g/mol. The second-order valence-corrected chi connectivity index (χ2v) is 6.88. The predicted octanol–water partition coefficient (Wildman–Crippen LogP) is 3.27. The highest BCUT2D eigenvalue weighted by Crippen LogP contribution is 2.19. The molecule has 0 N–H and O–H groups in total. The van der Waals surface area contributed by atoms with Gasteiger partial charge in [0.05, 0.1) is 5.76 Å². The minimum Gasteiger partial charge on any atom is -0.524 e. The third-order valence-corrected chi connectivity index (χ3v) is 5.06. The molecule has 1 atom stereocenters. The normalized spacial score (nSPS) is 15.1. The lowest BCUT2D eigenvalue weighted by Gasteiger charge is -2.26. The van der Waals surface area contributed by atoms with Crippen LogP contribution in [0.25, 0.3) is 0 Å². The van der Waals surface area contributed by atoms with E-state index < -0.39 is 8.56 Å². The smallest absolute Gasteiger partial charge is 0.395 e. The van der Waals surface area contributed by atoms with Gasteiger partial charge in [-0.2, -0.15) is 0 Å². The van der Waals surface area contributed by atoms with Gasteiger partial charge in [0.25, 0.3) is 0 Å². The lowest BCUT2D eigenvalue weighted by molar-refractivity contribution is 0.252. The summed E-state index contributed by atoms with van der Waals surface area (Å²) in [4.78, 5) is 0. The standard InChI is InChI=1S/C9H19ClO2Si/c1-5-9(2)12-13(4,11-3)8-6-7-10/h2,5-8H2,1,3-4H3. The van der Waals surface area contributed by atoms with Crippen molar-refractivity contribution >= 4 is 20.2 Å². The molecule has 1 unspecified atom stereocenters. The van der Waals surface area contributed by atoms with Crippen LogP contribution in [0.1, 0.15) is 19.8 Å². The highest BCUT2D eigenvalue weighted by atomic mass is 35.5. The molecule has 0 rings (SSSR count). The largest absolute Gasteiger partial charge is 0.524 e. The predicted molar refractivity (Wildman–Crippen MR) is 59.3 cm³/mol. The van der Waals surface area contributed by atoms with Crippen LogP contribution >= 0.6 is 11.6 Å². The Labute approximate surface area is 87.1 Å². The van der Waals surface area contributed by atoms with Crippen LogP contribution in [-0.2, 0) is 8.85 Å². The van der Waals surface area contributed by atoms with Crippen molar-refractivity contribution in [3.05, 3.63) is 12.3 Å². The Balaban J connectivity index is 4.02. The number of hydrogen-bond donors (Lipinski definition) is 0. The Morgan fingerprint density at radius 3 is 2.54 bits per heavy atom. The molecular weight excluding hydrogens is 204 g/mol. The van der Waals surface area contributed by atoms with Gasteiger partial charge >= 0.3 is 8.56 Å². The van der Waals surface area contributed by atoms with E-state index in [2.05, 4.69) is 6.58 Å². The number of hydrogen-bond acceptors (Lipinski definition) is 2. The summed E-state index contributed by atoms with van der Waals surface area (Å²) in [6, 6.07) is 0.923. The number of alkyl halides is 1. The molecular formula is C9H19ClO2Si. The van der Waals surface area contributed by atoms with Crippen LogP contribution in [0.15, 0.2) is 12.3 Å². The van der Waals surface area contributed by atoms with Crippen LogP contribution in [0, 0.1) is 0 Å². The number of allylic oxidation sites excluding steroid dienone is 1. The molecule has 13 heavy (non-hydrogen) atoms. The molecule has 0 saturated carbocycles. The Morgan fingerprint density at radius 2 is 2.15 bits per heavy atom. The first-order valence-electron chi connectivity index (χ1n) is 4.56. The van der Waals surface area contributed by atoms with E-state index >= 15 is 0 Å². The van der Waals surface area contributed by atoms with E-state index in [4.69, 9.17) is 20.5 Å². The molecule has 4 heteroatoms. The van der Waals surface area contributed by atoms with Gasteiger partial charge in [-0.05, 0) is 13.0 Å². The van der Waals surface area contributed by atoms with Crippen molar-refractivity contribution in [3.63, 3.8) is 0 Å². The van der Waals surface area contributed by atoms with Crippen LogP contribution in [-0.4, -0.2) is 21.6 Å². The zero-order valence-electron chi connectivity index (χ0n) is 8.73. The second-order valence-electron chi connectivity index (χ2n) is 3.12. The molecule has 0 bridgehead atoms. The zero-order chi connectivity index (χ0) is 10.3. The van der Waals surface area contributed by atoms with Gasteiger partial charge in [0.1, 0.15) is 0 Å². The summed E-state index contributed by atoms with van der Waals surface area (Å²) in [6.07, 6.45) is 1.78. The van der Waals surface area contributed by atoms with Crippen molar-refractivity contribution in [2.45, 2.75) is 32.4 Å². The zero-order valence-corrected chi connectivity index (χ0v) is 10.5. The van der Waals surface area contributed by atoms with Crippen LogP contribution in [0.4, 0.5) is 0 Å². The summed E-state index contributed by atoms with van der Waals surface area (Å²) in [5.74, 6) is 1.47. The van der Waals surface area contributed by atoms with Gasteiger partial charge in [-0.25, -0.2) is 0 Å². The minimum atomic E-state index is -2.01. The van der Waals surface area contributed by atoms with E-state index in [1.165, 1.54) is 0 Å². The average molecular weight is 223 g/mol. The Morgan fingerprint density at radius 1 is 1.54 bits per heavy atom. The number of halogens is 1. The van der Waals surface area contributed by atoms with Gasteiger partial charge in [-0.3, -0.25) is 0 Å². The van der Waals surface area contributed by atoms with Gasteiger partial charge in [-0.1, -0.05) is 13.5 Å². The van der Waals surface area contributed by atoms with Gasteiger partial charge < -0.3 is 8.85 Å². The van der Waals surface area contributed by atoms with Crippen LogP contribution in [0.5, 0.6) is 0 Å². The maximum atomic E-state index is 5.70. The summed E-state index contributed by atoms with van der Waals surface area (Å²) < 4.78 is 11.1. The summed E-state index contributed by atoms with van der Waals surface area (Å²) in [5, 5.41) is 0. The van der Waals surface area contributed by atoms with E-state index in [1.807, 2.05) is 13.5 Å². The van der Waals surface area contributed by atoms with Crippen molar-refractivity contribution in [2.24, 2.45) is 0 Å². The first-order chi connectivity index (χ1) is 6.08. The van der Waals surface area contributed by atoms with Gasteiger partial charge in [0, 0.05) is 25.5 Å². The minimum absolute atomic E-state index is 0.661. The van der Waals surface area contributed by atoms with Gasteiger partial charge in [0.15, 0.2) is 0 Å². The molecule has 0 aromatic heterocycles. The van der Waals surface area contributed by atoms with E-state index in [0.29, 0.717) is 5.88 Å². The molecule has 0 aromatic rings. The Kier molecular flexibility index (Phi) is 6.46. The summed E-state index contributed by atoms with van der Waals surface area (Å²) in [6.45, 7) is 7.88. The van der Waals surface area contributed by atoms with Crippen molar-refractivity contribution in [1.82, 2.24) is 0 Å². The Hall–Kier alpha value is 0.00688. The first kappa shape index (κ1) is 13.0. The van der Waals surface area contributed by atoms with Crippen molar-refractivity contribution in [1.29, 1.82) is 0 Å². The van der Waals surface area contributed by atoms with Gasteiger partial charge in [-0.15, -0.1) is 11.6 Å². The van der Waals surface area contributed by atoms with Crippen molar-refractivity contribution in [3.8, 4) is 0 Å². The van der Waals surface area contributed by atoms with Gasteiger partial charge in [0.2, 0.25) is 0 Å². The lowest BCUT2D eigenvalue weighted by atomic mass is 10.4. The fraction of sp³-hybridized carbons (Fsp3) is 0.778. The van der Waals surface area contributed by atoms with E-state index in [-0.39, 0.29) is 0 Å². The molecule has 0 amide bonds. The molecule has 0 saturated heterocycles. The highest BCUT2D eigenvalue weighted by molar-refractivity contribution is 6.66. The van der Waals surface area contributed by atoms with Crippen molar-refractivity contribution < 1.29 is 8.85 Å². The molecule has 78 valence electrons. The third kappa shape index (κ3) is 5.34. The molecule has 0 aliphatic carbocycles. The average Bonchev–Trinajstić information content (AvgIpc) is 2.14. The van der Waals surface area contributed by atoms with E-state index in [1.54, 1.807) is 7.11 Å². The maximum absolute atomic E-state index is 5.70. The first-order valence-corrected chi connectivity index (χ1v) is 7.61. The fourth-order valence-corrected chi connectivity index (χ4v) is 3.28. The van der Waals surface area contributed by atoms with Crippen molar-refractivity contribution in [2.75, 3.05) is 13.0 Å². The molecule has 0 radical (unpaired) electrons. The number of rotatable bonds is 7. The fourth-order valence-electron chi connectivity index (χ4n) is 0.960. The SMILES string of the molecule is C=C(CC)O[Si](C)(CCCCl)OC. The highest BCUT2D eigenvalue weighted by Gasteiger charge is 2.31. The molecule has 0 fully saturated rings. The molecule has 0 aliphatic heterocycles. The molecule has 0 aliphatic rings. The maximum Gasteiger partial charge on any atom is 0.395 e. The summed E-state index contributed by atoms with van der Waals surface area (Å²) >= 11 is 5.62. The summed E-state index contributed by atoms with van der Waals surface area (Å²) in [7, 11) is -0.315. The lowest BCUT2D eigenvalue weighted by Crippen LogP contribution is -2.36. The molecule has 2 nitrogen and oxygen atoms in total. The summed E-state index contributed by atoms with van der Waals surface area (Å²) in [5.41, 5.74) is 0. The molecule has 0 heterocycles.